The van der Waals surface area contributed by atoms with Crippen molar-refractivity contribution in [3.8, 4) is 5.75 Å². The minimum absolute atomic E-state index is 0.00853. The van der Waals surface area contributed by atoms with E-state index in [0.29, 0.717) is 0 Å². The van der Waals surface area contributed by atoms with E-state index in [0.717, 1.165) is 17.0 Å². The van der Waals surface area contributed by atoms with Crippen LogP contribution in [0.4, 0.5) is 11.4 Å². The highest BCUT2D eigenvalue weighted by molar-refractivity contribution is 6.19. The lowest BCUT2D eigenvalue weighted by Crippen LogP contribution is -2.58. The molecule has 2 amide bonds. The number of carbonyl (C=O) groups excluding carboxylic acids is 4. The SMILES string of the molecule is C=C(C)C(=O)[C@@H](C(=O)Oc1ccc([N+](=O)[O-])cc1)N(C(=O)[C@H](CC(C)C)NC(=O)CN)c1ccccc1. The van der Waals surface area contributed by atoms with Gasteiger partial charge in [0.2, 0.25) is 5.91 Å². The molecule has 2 atom stereocenters. The molecule has 0 spiro atoms. The number of nitrogens with zero attached hydrogens (tertiary/aromatic N) is 2. The van der Waals surface area contributed by atoms with Gasteiger partial charge in [-0.2, -0.15) is 0 Å². The first-order chi connectivity index (χ1) is 17.5. The molecule has 37 heavy (non-hydrogen) atoms. The second-order valence-electron chi connectivity index (χ2n) is 8.72. The third-order valence-electron chi connectivity index (χ3n) is 5.21. The number of Topliss-reactive ketones (excluding diaryl/α,β-unsaturated/α-hetero) is 1. The maximum absolute atomic E-state index is 13.9. The molecular weight excluding hydrogens is 480 g/mol. The Hall–Kier alpha value is -4.38. The van der Waals surface area contributed by atoms with Crippen LogP contribution in [0.25, 0.3) is 0 Å². The van der Waals surface area contributed by atoms with Crippen LogP contribution in [-0.4, -0.2) is 47.1 Å². The number of non-ortho nitro benzene ring substituents is 1. The number of nitro groups is 1. The molecule has 0 radical (unpaired) electrons. The minimum atomic E-state index is -1.79. The number of anilines is 1. The van der Waals surface area contributed by atoms with Crippen LogP contribution in [-0.2, 0) is 19.2 Å². The Labute approximate surface area is 214 Å². The molecule has 0 aliphatic heterocycles. The van der Waals surface area contributed by atoms with Crippen LogP contribution in [0.5, 0.6) is 5.75 Å². The van der Waals surface area contributed by atoms with Crippen LogP contribution in [0.1, 0.15) is 27.2 Å². The average Bonchev–Trinajstić information content (AvgIpc) is 2.86. The molecule has 0 aromatic heterocycles. The van der Waals surface area contributed by atoms with Crippen LogP contribution in [0.3, 0.4) is 0 Å². The number of nitrogens with one attached hydrogen (secondary N) is 1. The fraction of sp³-hybridized carbons (Fsp3) is 0.308. The van der Waals surface area contributed by atoms with Crippen LogP contribution in [0.2, 0.25) is 0 Å². The molecule has 11 heteroatoms. The highest BCUT2D eigenvalue weighted by atomic mass is 16.6. The zero-order valence-electron chi connectivity index (χ0n) is 20.9. The van der Waals surface area contributed by atoms with Crippen molar-refractivity contribution in [2.75, 3.05) is 11.4 Å². The van der Waals surface area contributed by atoms with Crippen LogP contribution < -0.4 is 20.7 Å². The Morgan fingerprint density at radius 3 is 2.16 bits per heavy atom. The fourth-order valence-electron chi connectivity index (χ4n) is 3.48. The molecule has 0 heterocycles. The number of para-hydroxylation sites is 1. The summed E-state index contributed by atoms with van der Waals surface area (Å²) in [6.07, 6.45) is 0.208. The zero-order valence-corrected chi connectivity index (χ0v) is 20.9. The van der Waals surface area contributed by atoms with Gasteiger partial charge in [-0.25, -0.2) is 4.79 Å². The molecule has 2 rings (SSSR count). The van der Waals surface area contributed by atoms with Crippen LogP contribution in [0, 0.1) is 16.0 Å². The van der Waals surface area contributed by atoms with E-state index < -0.39 is 40.6 Å². The van der Waals surface area contributed by atoms with E-state index in [2.05, 4.69) is 11.9 Å². The van der Waals surface area contributed by atoms with Gasteiger partial charge in [0, 0.05) is 17.8 Å². The van der Waals surface area contributed by atoms with Gasteiger partial charge in [0.25, 0.3) is 11.6 Å². The first-order valence-corrected chi connectivity index (χ1v) is 11.5. The number of rotatable bonds is 12. The molecule has 0 saturated carbocycles. The van der Waals surface area contributed by atoms with Crippen LogP contribution in [0.15, 0.2) is 66.7 Å². The molecule has 2 aromatic rings. The summed E-state index contributed by atoms with van der Waals surface area (Å²) in [4.78, 5) is 64.0. The molecule has 0 saturated heterocycles. The lowest BCUT2D eigenvalue weighted by Gasteiger charge is -2.33. The number of benzene rings is 2. The number of hydrogen-bond donors (Lipinski definition) is 2. The van der Waals surface area contributed by atoms with Crippen molar-refractivity contribution in [2.24, 2.45) is 11.7 Å². The Morgan fingerprint density at radius 2 is 1.68 bits per heavy atom. The Balaban J connectivity index is 2.58. The van der Waals surface area contributed by atoms with Crippen molar-refractivity contribution >= 4 is 34.9 Å². The standard InChI is InChI=1S/C26H30N4O7/c1-16(2)14-21(28-22(31)15-27)25(33)29(18-8-6-5-7-9-18)23(24(32)17(3)4)26(34)37-20-12-10-19(11-13-20)30(35)36/h5-13,16,21,23H,3,14-15,27H2,1-2,4H3,(H,28,31)/t21-,23-/m0/s1. The van der Waals surface area contributed by atoms with E-state index in [-0.39, 0.29) is 41.6 Å². The van der Waals surface area contributed by atoms with Crippen molar-refractivity contribution in [1.29, 1.82) is 0 Å². The monoisotopic (exact) mass is 510 g/mol. The van der Waals surface area contributed by atoms with Gasteiger partial charge in [0.1, 0.15) is 11.8 Å². The topological polar surface area (TPSA) is 162 Å². The molecule has 0 unspecified atom stereocenters. The quantitative estimate of drug-likeness (QED) is 0.110. The molecular formula is C26H30N4O7. The van der Waals surface area contributed by atoms with Crippen LogP contribution >= 0.6 is 0 Å². The number of ether oxygens (including phenoxy) is 1. The normalized spacial score (nSPS) is 12.2. The number of esters is 1. The summed E-state index contributed by atoms with van der Waals surface area (Å²) < 4.78 is 5.37. The molecule has 196 valence electrons. The summed E-state index contributed by atoms with van der Waals surface area (Å²) in [5.74, 6) is -3.28. The second kappa shape index (κ2) is 13.1. The molecule has 0 aliphatic carbocycles. The van der Waals surface area contributed by atoms with Gasteiger partial charge in [-0.05, 0) is 49.1 Å². The van der Waals surface area contributed by atoms with E-state index >= 15 is 0 Å². The Bertz CT molecular complexity index is 1160. The molecule has 2 aromatic carbocycles. The summed E-state index contributed by atoms with van der Waals surface area (Å²) in [5, 5.41) is 13.5. The smallest absolute Gasteiger partial charge is 0.342 e. The van der Waals surface area contributed by atoms with Crippen molar-refractivity contribution in [1.82, 2.24) is 5.32 Å². The number of hydrogen-bond acceptors (Lipinski definition) is 8. The Morgan fingerprint density at radius 1 is 1.08 bits per heavy atom. The number of amides is 2. The Kier molecular flexibility index (Phi) is 10.2. The van der Waals surface area contributed by atoms with Gasteiger partial charge < -0.3 is 15.8 Å². The summed E-state index contributed by atoms with van der Waals surface area (Å²) in [5.41, 5.74) is 5.41. The second-order valence-corrected chi connectivity index (χ2v) is 8.72. The van der Waals surface area contributed by atoms with Gasteiger partial charge in [-0.1, -0.05) is 38.6 Å². The summed E-state index contributed by atoms with van der Waals surface area (Å²) in [6, 6.07) is 9.81. The van der Waals surface area contributed by atoms with E-state index in [1.807, 2.05) is 13.8 Å². The van der Waals surface area contributed by atoms with Gasteiger partial charge in [-0.15, -0.1) is 0 Å². The van der Waals surface area contributed by atoms with E-state index in [4.69, 9.17) is 10.5 Å². The summed E-state index contributed by atoms with van der Waals surface area (Å²) in [6.45, 7) is 8.36. The highest BCUT2D eigenvalue weighted by Gasteiger charge is 2.41. The third-order valence-corrected chi connectivity index (χ3v) is 5.21. The lowest BCUT2D eigenvalue weighted by atomic mass is 9.99. The predicted molar refractivity (Wildman–Crippen MR) is 137 cm³/mol. The van der Waals surface area contributed by atoms with Gasteiger partial charge in [0.05, 0.1) is 11.5 Å². The first kappa shape index (κ1) is 28.9. The number of nitro benzene ring substituents is 1. The zero-order chi connectivity index (χ0) is 27.7. The first-order valence-electron chi connectivity index (χ1n) is 11.5. The van der Waals surface area contributed by atoms with Crippen molar-refractivity contribution < 1.29 is 28.8 Å². The number of ketones is 1. The van der Waals surface area contributed by atoms with Gasteiger partial charge in [-0.3, -0.25) is 29.4 Å². The highest BCUT2D eigenvalue weighted by Crippen LogP contribution is 2.24. The van der Waals surface area contributed by atoms with E-state index in [1.165, 1.54) is 31.2 Å². The fourth-order valence-corrected chi connectivity index (χ4v) is 3.48. The minimum Gasteiger partial charge on any atom is -0.425 e. The van der Waals surface area contributed by atoms with Crippen molar-refractivity contribution in [3.05, 3.63) is 76.9 Å². The van der Waals surface area contributed by atoms with Gasteiger partial charge in [0.15, 0.2) is 11.8 Å². The number of carbonyl (C=O) groups is 4. The number of nitrogens with two attached hydrogens (primary N) is 1. The van der Waals surface area contributed by atoms with Gasteiger partial charge >= 0.3 is 5.97 Å². The van der Waals surface area contributed by atoms with E-state index in [9.17, 15) is 29.3 Å². The van der Waals surface area contributed by atoms with Crippen molar-refractivity contribution in [3.63, 3.8) is 0 Å². The largest absolute Gasteiger partial charge is 0.425 e. The summed E-state index contributed by atoms with van der Waals surface area (Å²) in [7, 11) is 0. The molecule has 0 fully saturated rings. The van der Waals surface area contributed by atoms with E-state index in [1.54, 1.807) is 18.2 Å². The molecule has 11 nitrogen and oxygen atoms in total. The average molecular weight is 511 g/mol. The lowest BCUT2D eigenvalue weighted by molar-refractivity contribution is -0.384. The third kappa shape index (κ3) is 7.80. The predicted octanol–water partition coefficient (Wildman–Crippen LogP) is 2.54. The molecule has 0 bridgehead atoms. The molecule has 0 aliphatic rings. The maximum atomic E-state index is 13.9. The van der Waals surface area contributed by atoms with Crippen molar-refractivity contribution in [2.45, 2.75) is 39.3 Å². The summed E-state index contributed by atoms with van der Waals surface area (Å²) >= 11 is 0. The molecule has 3 N–H and O–H groups in total. The maximum Gasteiger partial charge on any atom is 0.342 e.